The predicted molar refractivity (Wildman–Crippen MR) is 117 cm³/mol. The van der Waals surface area contributed by atoms with Crippen molar-refractivity contribution in [2.75, 3.05) is 0 Å². The lowest BCUT2D eigenvalue weighted by Crippen LogP contribution is -2.34. The van der Waals surface area contributed by atoms with Gasteiger partial charge in [-0.3, -0.25) is 0 Å². The summed E-state index contributed by atoms with van der Waals surface area (Å²) in [5.74, 6) is -0.887. The highest BCUT2D eigenvalue weighted by molar-refractivity contribution is 5.87. The Morgan fingerprint density at radius 2 is 1.54 bits per heavy atom. The van der Waals surface area contributed by atoms with Crippen molar-refractivity contribution in [3.63, 3.8) is 0 Å². The number of hydrogen-bond donors (Lipinski definition) is 1. The zero-order chi connectivity index (χ0) is 20.7. The fourth-order valence-electron chi connectivity index (χ4n) is 4.32. The second kappa shape index (κ2) is 7.24. The van der Waals surface area contributed by atoms with Gasteiger partial charge in [0, 0.05) is 0 Å². The monoisotopic (exact) mass is 376 g/mol. The summed E-state index contributed by atoms with van der Waals surface area (Å²) in [7, 11) is 0. The molecule has 0 saturated heterocycles. The number of aromatic carboxylic acids is 1. The van der Waals surface area contributed by atoms with Gasteiger partial charge in [0.25, 0.3) is 0 Å². The first-order valence-electron chi connectivity index (χ1n) is 10.1. The summed E-state index contributed by atoms with van der Waals surface area (Å²) in [4.78, 5) is 11.0. The van der Waals surface area contributed by atoms with Gasteiger partial charge < -0.3 is 5.11 Å². The van der Waals surface area contributed by atoms with E-state index in [9.17, 15) is 4.79 Å². The molecule has 0 bridgehead atoms. The highest BCUT2D eigenvalue weighted by Gasteiger charge is 2.37. The summed E-state index contributed by atoms with van der Waals surface area (Å²) in [6.07, 6.45) is 5.52. The molecule has 0 amide bonds. The number of carbonyl (C=O) groups is 1. The third-order valence-corrected chi connectivity index (χ3v) is 6.35. The minimum Gasteiger partial charge on any atom is -0.478 e. The quantitative estimate of drug-likeness (QED) is 0.645. The third-order valence-electron chi connectivity index (χ3n) is 6.35. The van der Waals surface area contributed by atoms with Crippen molar-refractivity contribution in [3.05, 3.63) is 75.4 Å². The maximum atomic E-state index is 11.0. The molecular weight excluding hydrogens is 344 g/mol. The molecular formula is C26H32O2. The molecule has 0 aromatic heterocycles. The fourth-order valence-corrected chi connectivity index (χ4v) is 4.32. The Hall–Kier alpha value is -2.35. The van der Waals surface area contributed by atoms with E-state index in [0.29, 0.717) is 5.56 Å². The van der Waals surface area contributed by atoms with Gasteiger partial charge in [-0.1, -0.05) is 63.6 Å². The number of aryl methyl sites for hydroxylation is 1. The summed E-state index contributed by atoms with van der Waals surface area (Å²) >= 11 is 0. The molecule has 0 aliphatic heterocycles. The molecule has 3 rings (SSSR count). The zero-order valence-corrected chi connectivity index (χ0v) is 18.0. The van der Waals surface area contributed by atoms with Crippen LogP contribution >= 0.6 is 0 Å². The molecule has 28 heavy (non-hydrogen) atoms. The van der Waals surface area contributed by atoms with Crippen LogP contribution in [0.5, 0.6) is 0 Å². The van der Waals surface area contributed by atoms with Crippen LogP contribution in [-0.2, 0) is 17.3 Å². The molecule has 2 heteroatoms. The number of benzene rings is 2. The standard InChI is InChI=1S/C26H32O2/c1-17(13-19-7-9-20(10-8-19)24(27)28)14-21-16-23-22(15-18(21)2)25(3,4)11-12-26(23,5)6/h7-10,13,15-16H,11-12,14H2,1-6H3,(H,27,28). The lowest BCUT2D eigenvalue weighted by Gasteiger charge is -2.42. The first kappa shape index (κ1) is 20.4. The van der Waals surface area contributed by atoms with Gasteiger partial charge in [-0.05, 0) is 83.9 Å². The Labute approximate surface area is 169 Å². The summed E-state index contributed by atoms with van der Waals surface area (Å²) in [6, 6.07) is 11.9. The van der Waals surface area contributed by atoms with Gasteiger partial charge >= 0.3 is 5.97 Å². The molecule has 2 aromatic rings. The smallest absolute Gasteiger partial charge is 0.335 e. The number of allylic oxidation sites excluding steroid dienone is 1. The van der Waals surface area contributed by atoms with Gasteiger partial charge in [0.05, 0.1) is 5.56 Å². The van der Waals surface area contributed by atoms with Crippen molar-refractivity contribution in [2.24, 2.45) is 0 Å². The predicted octanol–water partition coefficient (Wildman–Crippen LogP) is 6.69. The van der Waals surface area contributed by atoms with Crippen molar-refractivity contribution < 1.29 is 9.90 Å². The Kier molecular flexibility index (Phi) is 5.27. The minimum absolute atomic E-state index is 0.220. The summed E-state index contributed by atoms with van der Waals surface area (Å²) in [6.45, 7) is 13.8. The number of carboxylic acids is 1. The fraction of sp³-hybridized carbons (Fsp3) is 0.423. The SMILES string of the molecule is CC(=Cc1ccc(C(=O)O)cc1)Cc1cc2c(cc1C)C(C)(C)CCC2(C)C. The van der Waals surface area contributed by atoms with E-state index in [1.807, 2.05) is 12.1 Å². The van der Waals surface area contributed by atoms with Crippen LogP contribution in [0.25, 0.3) is 6.08 Å². The van der Waals surface area contributed by atoms with Gasteiger partial charge in [0.15, 0.2) is 0 Å². The lowest BCUT2D eigenvalue weighted by molar-refractivity contribution is 0.0697. The Bertz CT molecular complexity index is 928. The molecule has 0 heterocycles. The van der Waals surface area contributed by atoms with Crippen molar-refractivity contribution in [1.29, 1.82) is 0 Å². The topological polar surface area (TPSA) is 37.3 Å². The molecule has 0 fully saturated rings. The van der Waals surface area contributed by atoms with Crippen molar-refractivity contribution >= 4 is 12.0 Å². The van der Waals surface area contributed by atoms with Crippen LogP contribution in [0.1, 0.15) is 85.6 Å². The van der Waals surface area contributed by atoms with Gasteiger partial charge in [0.2, 0.25) is 0 Å². The van der Waals surface area contributed by atoms with Crippen LogP contribution in [-0.4, -0.2) is 11.1 Å². The van der Waals surface area contributed by atoms with E-state index in [-0.39, 0.29) is 10.8 Å². The molecule has 0 radical (unpaired) electrons. The van der Waals surface area contributed by atoms with E-state index in [4.69, 9.17) is 5.11 Å². The van der Waals surface area contributed by atoms with Crippen molar-refractivity contribution in [2.45, 2.75) is 71.6 Å². The van der Waals surface area contributed by atoms with Crippen LogP contribution in [0, 0.1) is 6.92 Å². The molecule has 1 N–H and O–H groups in total. The van der Waals surface area contributed by atoms with Gasteiger partial charge in [-0.15, -0.1) is 0 Å². The van der Waals surface area contributed by atoms with Gasteiger partial charge in [-0.25, -0.2) is 4.79 Å². The molecule has 1 aliphatic rings. The highest BCUT2D eigenvalue weighted by Crippen LogP contribution is 2.46. The Balaban J connectivity index is 1.91. The van der Waals surface area contributed by atoms with Crippen LogP contribution in [0.15, 0.2) is 42.0 Å². The molecule has 0 unspecified atom stereocenters. The van der Waals surface area contributed by atoms with E-state index in [1.54, 1.807) is 12.1 Å². The summed E-state index contributed by atoms with van der Waals surface area (Å²) in [5.41, 5.74) is 8.87. The molecule has 0 saturated carbocycles. The van der Waals surface area contributed by atoms with E-state index in [1.165, 1.54) is 40.7 Å². The Morgan fingerprint density at radius 1 is 1.00 bits per heavy atom. The van der Waals surface area contributed by atoms with Crippen LogP contribution in [0.4, 0.5) is 0 Å². The van der Waals surface area contributed by atoms with Crippen molar-refractivity contribution in [1.82, 2.24) is 0 Å². The molecule has 0 atom stereocenters. The zero-order valence-electron chi connectivity index (χ0n) is 18.0. The number of rotatable bonds is 4. The lowest BCUT2D eigenvalue weighted by atomic mass is 9.62. The maximum absolute atomic E-state index is 11.0. The third kappa shape index (κ3) is 4.06. The van der Waals surface area contributed by atoms with Gasteiger partial charge in [-0.2, -0.15) is 0 Å². The van der Waals surface area contributed by atoms with E-state index in [0.717, 1.165) is 12.0 Å². The first-order chi connectivity index (χ1) is 13.0. The second-order valence-corrected chi connectivity index (χ2v) is 9.69. The molecule has 2 nitrogen and oxygen atoms in total. The van der Waals surface area contributed by atoms with Crippen molar-refractivity contribution in [3.8, 4) is 0 Å². The van der Waals surface area contributed by atoms with Crippen LogP contribution in [0.2, 0.25) is 0 Å². The average Bonchev–Trinajstić information content (AvgIpc) is 2.61. The van der Waals surface area contributed by atoms with Crippen LogP contribution in [0.3, 0.4) is 0 Å². The van der Waals surface area contributed by atoms with Gasteiger partial charge in [0.1, 0.15) is 0 Å². The normalized spacial score (nSPS) is 17.9. The van der Waals surface area contributed by atoms with E-state index < -0.39 is 5.97 Å². The van der Waals surface area contributed by atoms with E-state index in [2.05, 4.69) is 59.8 Å². The average molecular weight is 377 g/mol. The highest BCUT2D eigenvalue weighted by atomic mass is 16.4. The number of carboxylic acid groups (broad SMARTS) is 1. The number of hydrogen-bond acceptors (Lipinski definition) is 1. The molecule has 2 aromatic carbocycles. The minimum atomic E-state index is -0.887. The molecule has 0 spiro atoms. The van der Waals surface area contributed by atoms with E-state index >= 15 is 0 Å². The Morgan fingerprint density at radius 3 is 2.07 bits per heavy atom. The maximum Gasteiger partial charge on any atom is 0.335 e. The summed E-state index contributed by atoms with van der Waals surface area (Å²) in [5, 5.41) is 9.04. The molecule has 1 aliphatic carbocycles. The second-order valence-electron chi connectivity index (χ2n) is 9.69. The largest absolute Gasteiger partial charge is 0.478 e. The first-order valence-corrected chi connectivity index (χ1v) is 10.1. The molecule has 148 valence electrons. The summed E-state index contributed by atoms with van der Waals surface area (Å²) < 4.78 is 0. The van der Waals surface area contributed by atoms with Crippen LogP contribution < -0.4 is 0 Å². The number of fused-ring (bicyclic) bond motifs is 1.